The van der Waals surface area contributed by atoms with Gasteiger partial charge in [-0.25, -0.2) is 0 Å². The third-order valence-electron chi connectivity index (χ3n) is 3.99. The molecule has 0 fully saturated rings. The first-order valence-electron chi connectivity index (χ1n) is 7.80. The van der Waals surface area contributed by atoms with Gasteiger partial charge in [0.25, 0.3) is 5.91 Å². The molecule has 0 unspecified atom stereocenters. The summed E-state index contributed by atoms with van der Waals surface area (Å²) in [6, 6.07) is 0. The molecule has 0 radical (unpaired) electrons. The monoisotopic (exact) mass is 335 g/mol. The minimum Gasteiger partial charge on any atom is -0.349 e. The van der Waals surface area contributed by atoms with Crippen molar-refractivity contribution >= 4 is 12.3 Å². The quantitative estimate of drug-likeness (QED) is 0.613. The Bertz CT molecular complexity index is 640. The summed E-state index contributed by atoms with van der Waals surface area (Å²) in [5, 5.41) is 8.27. The standard InChI is InChI=1S/C15H25N7O2/c1-18(8-6-7-12-9-16-22(5)17-12)15(24)13-14(21(4)11-23)20(3)10-19(13)2/h9,11H,6-8,10H2,1-5H3. The molecule has 0 saturated heterocycles. The zero-order valence-corrected chi connectivity index (χ0v) is 14.9. The van der Waals surface area contributed by atoms with Crippen molar-refractivity contribution in [3.8, 4) is 0 Å². The molecule has 2 rings (SSSR count). The topological polar surface area (TPSA) is 77.8 Å². The fourth-order valence-corrected chi connectivity index (χ4v) is 2.83. The number of carbonyl (C=O) groups excluding carboxylic acids is 2. The van der Waals surface area contributed by atoms with Crippen LogP contribution in [0.2, 0.25) is 0 Å². The van der Waals surface area contributed by atoms with Crippen LogP contribution in [-0.4, -0.2) is 88.3 Å². The van der Waals surface area contributed by atoms with E-state index in [2.05, 4.69) is 10.2 Å². The van der Waals surface area contributed by atoms with Crippen molar-refractivity contribution in [1.29, 1.82) is 0 Å². The van der Waals surface area contributed by atoms with E-state index in [0.717, 1.165) is 18.5 Å². The smallest absolute Gasteiger partial charge is 0.273 e. The maximum Gasteiger partial charge on any atom is 0.273 e. The second-order valence-electron chi connectivity index (χ2n) is 6.08. The molecule has 1 aromatic rings. The number of amides is 2. The zero-order chi connectivity index (χ0) is 17.9. The number of carbonyl (C=O) groups is 2. The average Bonchev–Trinajstić information content (AvgIpc) is 3.08. The molecule has 1 aliphatic heterocycles. The van der Waals surface area contributed by atoms with Gasteiger partial charge in [0.1, 0.15) is 11.5 Å². The highest BCUT2D eigenvalue weighted by Crippen LogP contribution is 2.23. The Labute approximate surface area is 142 Å². The number of nitrogens with zero attached hydrogens (tertiary/aromatic N) is 7. The summed E-state index contributed by atoms with van der Waals surface area (Å²) in [5.41, 5.74) is 1.45. The lowest BCUT2D eigenvalue weighted by Crippen LogP contribution is -2.35. The van der Waals surface area contributed by atoms with Crippen molar-refractivity contribution in [2.24, 2.45) is 7.05 Å². The lowest BCUT2D eigenvalue weighted by atomic mass is 10.2. The maximum absolute atomic E-state index is 12.8. The fraction of sp³-hybridized carbons (Fsp3) is 0.600. The molecule has 1 aliphatic rings. The Morgan fingerprint density at radius 3 is 2.58 bits per heavy atom. The highest BCUT2D eigenvalue weighted by Gasteiger charge is 2.33. The first-order chi connectivity index (χ1) is 11.3. The number of aryl methyl sites for hydroxylation is 2. The molecule has 0 aromatic carbocycles. The van der Waals surface area contributed by atoms with Crippen LogP contribution in [0.3, 0.4) is 0 Å². The van der Waals surface area contributed by atoms with Gasteiger partial charge < -0.3 is 19.6 Å². The van der Waals surface area contributed by atoms with E-state index >= 15 is 0 Å². The molecule has 0 spiro atoms. The summed E-state index contributed by atoms with van der Waals surface area (Å²) >= 11 is 0. The van der Waals surface area contributed by atoms with Crippen LogP contribution in [0.1, 0.15) is 12.1 Å². The molecule has 0 atom stereocenters. The van der Waals surface area contributed by atoms with Crippen LogP contribution in [0.5, 0.6) is 0 Å². The SMILES string of the molecule is CN(C=O)C1=C(C(=O)N(C)CCCc2cnn(C)n2)N(C)CN1C. The van der Waals surface area contributed by atoms with Crippen molar-refractivity contribution in [2.45, 2.75) is 12.8 Å². The predicted octanol–water partition coefficient (Wildman–Crippen LogP) is -0.702. The lowest BCUT2D eigenvalue weighted by molar-refractivity contribution is -0.127. The average molecular weight is 335 g/mol. The van der Waals surface area contributed by atoms with Crippen LogP contribution in [0.15, 0.2) is 17.7 Å². The summed E-state index contributed by atoms with van der Waals surface area (Å²) in [6.45, 7) is 1.18. The lowest BCUT2D eigenvalue weighted by Gasteiger charge is -2.23. The third-order valence-corrected chi connectivity index (χ3v) is 3.99. The van der Waals surface area contributed by atoms with Crippen LogP contribution in [0, 0.1) is 0 Å². The van der Waals surface area contributed by atoms with Crippen molar-refractivity contribution in [3.05, 3.63) is 23.4 Å². The molecular formula is C15H25N7O2. The van der Waals surface area contributed by atoms with Gasteiger partial charge >= 0.3 is 0 Å². The van der Waals surface area contributed by atoms with Gasteiger partial charge in [0.15, 0.2) is 0 Å². The summed E-state index contributed by atoms with van der Waals surface area (Å²) in [7, 11) is 8.92. The van der Waals surface area contributed by atoms with Crippen molar-refractivity contribution < 1.29 is 9.59 Å². The molecule has 9 nitrogen and oxygen atoms in total. The normalized spacial score (nSPS) is 14.4. The largest absolute Gasteiger partial charge is 0.349 e. The second-order valence-corrected chi connectivity index (χ2v) is 6.08. The van der Waals surface area contributed by atoms with E-state index in [1.54, 1.807) is 32.2 Å². The molecule has 24 heavy (non-hydrogen) atoms. The van der Waals surface area contributed by atoms with Gasteiger partial charge in [-0.3, -0.25) is 9.59 Å². The number of hydrogen-bond acceptors (Lipinski definition) is 6. The van der Waals surface area contributed by atoms with Crippen molar-refractivity contribution in [2.75, 3.05) is 41.4 Å². The number of aromatic nitrogens is 3. The molecule has 0 bridgehead atoms. The zero-order valence-electron chi connectivity index (χ0n) is 14.9. The minimum absolute atomic E-state index is 0.0929. The van der Waals surface area contributed by atoms with Crippen LogP contribution < -0.4 is 0 Å². The summed E-state index contributed by atoms with van der Waals surface area (Å²) < 4.78 is 0. The van der Waals surface area contributed by atoms with Crippen LogP contribution in [-0.2, 0) is 23.1 Å². The van der Waals surface area contributed by atoms with E-state index in [9.17, 15) is 9.59 Å². The van der Waals surface area contributed by atoms with Gasteiger partial charge in [0, 0.05) is 41.8 Å². The van der Waals surface area contributed by atoms with Crippen LogP contribution in [0.4, 0.5) is 0 Å². The summed E-state index contributed by atoms with van der Waals surface area (Å²) in [6.07, 6.45) is 4.02. The van der Waals surface area contributed by atoms with E-state index < -0.39 is 0 Å². The molecule has 0 saturated carbocycles. The van der Waals surface area contributed by atoms with Crippen LogP contribution >= 0.6 is 0 Å². The van der Waals surface area contributed by atoms with E-state index in [1.165, 1.54) is 9.70 Å². The maximum atomic E-state index is 12.8. The molecular weight excluding hydrogens is 310 g/mol. The first-order valence-corrected chi connectivity index (χ1v) is 7.80. The van der Waals surface area contributed by atoms with Gasteiger partial charge in [0.05, 0.1) is 18.6 Å². The molecule has 0 N–H and O–H groups in total. The van der Waals surface area contributed by atoms with Gasteiger partial charge in [-0.2, -0.15) is 15.0 Å². The van der Waals surface area contributed by atoms with Crippen molar-refractivity contribution in [3.63, 3.8) is 0 Å². The molecule has 9 heteroatoms. The van der Waals surface area contributed by atoms with Crippen molar-refractivity contribution in [1.82, 2.24) is 34.6 Å². The van der Waals surface area contributed by atoms with E-state index in [0.29, 0.717) is 31.1 Å². The first kappa shape index (κ1) is 17.8. The Balaban J connectivity index is 2.02. The Morgan fingerprint density at radius 2 is 2.00 bits per heavy atom. The van der Waals surface area contributed by atoms with Gasteiger partial charge in [-0.15, -0.1) is 0 Å². The highest BCUT2D eigenvalue weighted by atomic mass is 16.2. The van der Waals surface area contributed by atoms with E-state index in [4.69, 9.17) is 0 Å². The highest BCUT2D eigenvalue weighted by molar-refractivity contribution is 5.94. The van der Waals surface area contributed by atoms with Gasteiger partial charge in [-0.1, -0.05) is 0 Å². The summed E-state index contributed by atoms with van der Waals surface area (Å²) in [4.78, 5) is 32.3. The number of likely N-dealkylation sites (N-methyl/N-ethyl adjacent to an activating group) is 2. The molecule has 2 heterocycles. The predicted molar refractivity (Wildman–Crippen MR) is 88.2 cm³/mol. The van der Waals surface area contributed by atoms with E-state index in [1.807, 2.05) is 23.9 Å². The molecule has 0 aliphatic carbocycles. The Hall–Kier alpha value is -2.58. The number of rotatable bonds is 7. The van der Waals surface area contributed by atoms with Gasteiger partial charge in [0.2, 0.25) is 6.41 Å². The second kappa shape index (κ2) is 7.33. The molecule has 2 amide bonds. The molecule has 132 valence electrons. The fourth-order valence-electron chi connectivity index (χ4n) is 2.83. The Kier molecular flexibility index (Phi) is 5.42. The van der Waals surface area contributed by atoms with Gasteiger partial charge in [-0.05, 0) is 12.8 Å². The minimum atomic E-state index is -0.0929. The number of hydrogen-bond donors (Lipinski definition) is 0. The van der Waals surface area contributed by atoms with E-state index in [-0.39, 0.29) is 5.91 Å². The van der Waals surface area contributed by atoms with Crippen LogP contribution in [0.25, 0.3) is 0 Å². The summed E-state index contributed by atoms with van der Waals surface area (Å²) in [5.74, 6) is 0.531. The third kappa shape index (κ3) is 3.66. The molecule has 1 aromatic heterocycles. The Morgan fingerprint density at radius 1 is 1.29 bits per heavy atom.